The third kappa shape index (κ3) is 2.80. The van der Waals surface area contributed by atoms with Gasteiger partial charge in [0.25, 0.3) is 0 Å². The quantitative estimate of drug-likeness (QED) is 0.729. The third-order valence-corrected chi connectivity index (χ3v) is 2.01. The van der Waals surface area contributed by atoms with Gasteiger partial charge in [-0.25, -0.2) is 0 Å². The smallest absolute Gasteiger partial charge is 0.209 e. The first-order valence-electron chi connectivity index (χ1n) is 4.65. The Bertz CT molecular complexity index is 254. The van der Waals surface area contributed by atoms with Gasteiger partial charge in [-0.2, -0.15) is 0 Å². The second-order valence-corrected chi connectivity index (χ2v) is 3.19. The van der Waals surface area contributed by atoms with Gasteiger partial charge in [-0.3, -0.25) is 0 Å². The standard InChI is InChI=1S/C11H13O3/c1-2-4-10(5-3-1)6-12-7-11-8-13-9-14-11/h1-5,9,11H,6-8H2. The van der Waals surface area contributed by atoms with E-state index in [-0.39, 0.29) is 6.10 Å². The van der Waals surface area contributed by atoms with Crippen LogP contribution in [0.3, 0.4) is 0 Å². The number of hydrogen-bond acceptors (Lipinski definition) is 3. The molecule has 1 saturated heterocycles. The number of hydrogen-bond donors (Lipinski definition) is 0. The normalized spacial score (nSPS) is 21.3. The zero-order valence-corrected chi connectivity index (χ0v) is 7.89. The molecule has 3 nitrogen and oxygen atoms in total. The van der Waals surface area contributed by atoms with E-state index in [1.54, 1.807) is 0 Å². The first-order chi connectivity index (χ1) is 6.95. The van der Waals surface area contributed by atoms with Gasteiger partial charge >= 0.3 is 0 Å². The molecule has 14 heavy (non-hydrogen) atoms. The van der Waals surface area contributed by atoms with Gasteiger partial charge in [-0.15, -0.1) is 0 Å². The van der Waals surface area contributed by atoms with E-state index in [9.17, 15) is 0 Å². The van der Waals surface area contributed by atoms with E-state index in [0.717, 1.165) is 0 Å². The molecular weight excluding hydrogens is 180 g/mol. The van der Waals surface area contributed by atoms with Gasteiger partial charge < -0.3 is 14.2 Å². The van der Waals surface area contributed by atoms with E-state index < -0.39 is 0 Å². The lowest BCUT2D eigenvalue weighted by Gasteiger charge is -2.07. The zero-order valence-electron chi connectivity index (χ0n) is 7.89. The van der Waals surface area contributed by atoms with Crippen LogP contribution in [0, 0.1) is 6.79 Å². The van der Waals surface area contributed by atoms with E-state index >= 15 is 0 Å². The first kappa shape index (κ1) is 9.65. The lowest BCUT2D eigenvalue weighted by molar-refractivity contribution is 0.0299. The topological polar surface area (TPSA) is 27.7 Å². The van der Waals surface area contributed by atoms with Crippen molar-refractivity contribution in [1.82, 2.24) is 0 Å². The van der Waals surface area contributed by atoms with Gasteiger partial charge in [-0.1, -0.05) is 30.3 Å². The predicted octanol–water partition coefficient (Wildman–Crippen LogP) is 1.74. The van der Waals surface area contributed by atoms with Crippen LogP contribution < -0.4 is 0 Å². The summed E-state index contributed by atoms with van der Waals surface area (Å²) in [6.45, 7) is 3.16. The monoisotopic (exact) mass is 193 g/mol. The highest BCUT2D eigenvalue weighted by Crippen LogP contribution is 2.08. The van der Waals surface area contributed by atoms with Gasteiger partial charge in [0.1, 0.15) is 6.10 Å². The summed E-state index contributed by atoms with van der Waals surface area (Å²) in [6, 6.07) is 10.1. The maximum absolute atomic E-state index is 5.48. The second kappa shape index (κ2) is 5.10. The minimum Gasteiger partial charge on any atom is -0.374 e. The SMILES string of the molecule is [CH]1OCC(COCc2ccccc2)O1. The molecule has 1 radical (unpaired) electrons. The fraction of sp³-hybridized carbons (Fsp3) is 0.364. The van der Waals surface area contributed by atoms with Crippen LogP contribution in [0.2, 0.25) is 0 Å². The molecule has 0 spiro atoms. The zero-order chi connectivity index (χ0) is 9.64. The van der Waals surface area contributed by atoms with Crippen LogP contribution in [-0.2, 0) is 20.8 Å². The number of benzene rings is 1. The van der Waals surface area contributed by atoms with Gasteiger partial charge in [-0.05, 0) is 5.56 Å². The molecule has 1 aromatic carbocycles. The molecule has 75 valence electrons. The van der Waals surface area contributed by atoms with Gasteiger partial charge in [0.15, 0.2) is 0 Å². The summed E-state index contributed by atoms with van der Waals surface area (Å²) in [6.07, 6.45) is 0.0544. The molecular formula is C11H13O3. The maximum Gasteiger partial charge on any atom is 0.209 e. The van der Waals surface area contributed by atoms with Crippen LogP contribution in [0.15, 0.2) is 30.3 Å². The molecule has 1 aliphatic heterocycles. The van der Waals surface area contributed by atoms with Crippen molar-refractivity contribution in [2.75, 3.05) is 13.2 Å². The lowest BCUT2D eigenvalue weighted by atomic mass is 10.2. The second-order valence-electron chi connectivity index (χ2n) is 3.19. The van der Waals surface area contributed by atoms with Crippen LogP contribution >= 0.6 is 0 Å². The van der Waals surface area contributed by atoms with Crippen LogP contribution in [0.4, 0.5) is 0 Å². The van der Waals surface area contributed by atoms with Crippen LogP contribution in [-0.4, -0.2) is 19.3 Å². The fourth-order valence-corrected chi connectivity index (χ4v) is 1.27. The van der Waals surface area contributed by atoms with Crippen molar-refractivity contribution in [3.63, 3.8) is 0 Å². The molecule has 1 aromatic rings. The minimum atomic E-state index is 0.0544. The van der Waals surface area contributed by atoms with Crippen LogP contribution in [0.5, 0.6) is 0 Å². The molecule has 0 N–H and O–H groups in total. The van der Waals surface area contributed by atoms with Crippen molar-refractivity contribution >= 4 is 0 Å². The summed E-state index contributed by atoms with van der Waals surface area (Å²) >= 11 is 0. The summed E-state index contributed by atoms with van der Waals surface area (Å²) < 4.78 is 15.5. The number of rotatable bonds is 4. The van der Waals surface area contributed by atoms with Crippen molar-refractivity contribution in [2.45, 2.75) is 12.7 Å². The van der Waals surface area contributed by atoms with Crippen LogP contribution in [0.25, 0.3) is 0 Å². The summed E-state index contributed by atoms with van der Waals surface area (Å²) in [5.74, 6) is 0. The molecule has 0 aliphatic carbocycles. The van der Waals surface area contributed by atoms with Gasteiger partial charge in [0.05, 0.1) is 19.8 Å². The molecule has 1 aliphatic rings. The van der Waals surface area contributed by atoms with E-state index in [0.29, 0.717) is 19.8 Å². The largest absolute Gasteiger partial charge is 0.374 e. The molecule has 1 unspecified atom stereocenters. The summed E-state index contributed by atoms with van der Waals surface area (Å²) in [7, 11) is 0. The Morgan fingerprint density at radius 2 is 2.14 bits per heavy atom. The highest BCUT2D eigenvalue weighted by atomic mass is 16.7. The van der Waals surface area contributed by atoms with E-state index in [4.69, 9.17) is 14.2 Å². The molecule has 1 fully saturated rings. The van der Waals surface area contributed by atoms with Crippen molar-refractivity contribution in [3.05, 3.63) is 42.7 Å². The van der Waals surface area contributed by atoms with Crippen molar-refractivity contribution in [3.8, 4) is 0 Å². The molecule has 0 bridgehead atoms. The molecule has 2 rings (SSSR count). The fourth-order valence-electron chi connectivity index (χ4n) is 1.27. The summed E-state index contributed by atoms with van der Waals surface area (Å²) in [5.41, 5.74) is 1.18. The Balaban J connectivity index is 1.67. The van der Waals surface area contributed by atoms with Crippen molar-refractivity contribution < 1.29 is 14.2 Å². The average molecular weight is 193 g/mol. The van der Waals surface area contributed by atoms with Gasteiger partial charge in [0.2, 0.25) is 6.79 Å². The first-order valence-corrected chi connectivity index (χ1v) is 4.65. The number of ether oxygens (including phenoxy) is 3. The molecule has 1 atom stereocenters. The van der Waals surface area contributed by atoms with E-state index in [1.807, 2.05) is 30.3 Å². The molecule has 0 saturated carbocycles. The summed E-state index contributed by atoms with van der Waals surface area (Å²) in [5, 5.41) is 0. The van der Waals surface area contributed by atoms with E-state index in [1.165, 1.54) is 12.4 Å². The molecule has 0 amide bonds. The molecule has 3 heteroatoms. The minimum absolute atomic E-state index is 0.0544. The van der Waals surface area contributed by atoms with E-state index in [2.05, 4.69) is 0 Å². The highest BCUT2D eigenvalue weighted by Gasteiger charge is 2.16. The van der Waals surface area contributed by atoms with Crippen molar-refractivity contribution in [2.24, 2.45) is 0 Å². The third-order valence-electron chi connectivity index (χ3n) is 2.01. The molecule has 1 heterocycles. The van der Waals surface area contributed by atoms with Gasteiger partial charge in [0, 0.05) is 0 Å². The Morgan fingerprint density at radius 3 is 2.86 bits per heavy atom. The molecule has 0 aromatic heterocycles. The lowest BCUT2D eigenvalue weighted by Crippen LogP contribution is -2.17. The maximum atomic E-state index is 5.48. The average Bonchev–Trinajstić information content (AvgIpc) is 2.72. The predicted molar refractivity (Wildman–Crippen MR) is 51.2 cm³/mol. The Labute approximate surface area is 83.6 Å². The Hall–Kier alpha value is -0.900. The van der Waals surface area contributed by atoms with Crippen LogP contribution in [0.1, 0.15) is 5.56 Å². The Morgan fingerprint density at radius 1 is 1.29 bits per heavy atom. The summed E-state index contributed by atoms with van der Waals surface area (Å²) in [4.78, 5) is 0. The Kier molecular flexibility index (Phi) is 3.51. The van der Waals surface area contributed by atoms with Crippen molar-refractivity contribution in [1.29, 1.82) is 0 Å². The highest BCUT2D eigenvalue weighted by molar-refractivity contribution is 5.13.